The zero-order valence-electron chi connectivity index (χ0n) is 17.6. The number of hydrogen-bond donors (Lipinski definition) is 1. The summed E-state index contributed by atoms with van der Waals surface area (Å²) < 4.78 is 0. The molecule has 28 heavy (non-hydrogen) atoms. The van der Waals surface area contributed by atoms with E-state index in [2.05, 4.69) is 19.1 Å². The van der Waals surface area contributed by atoms with Gasteiger partial charge in [-0.05, 0) is 153 Å². The Morgan fingerprint density at radius 2 is 1.04 bits per heavy atom. The second-order valence-corrected chi connectivity index (χ2v) is 12.6. The first-order valence-corrected chi connectivity index (χ1v) is 12.3. The summed E-state index contributed by atoms with van der Waals surface area (Å²) in [6, 6.07) is 4.88. The van der Waals surface area contributed by atoms with Gasteiger partial charge < -0.3 is 5.11 Å². The fraction of sp³-hybridized carbons (Fsp3) is 0.778. The molecule has 0 saturated heterocycles. The molecule has 8 fully saturated rings. The van der Waals surface area contributed by atoms with Crippen molar-refractivity contribution in [2.45, 2.75) is 94.8 Å². The van der Waals surface area contributed by atoms with E-state index in [-0.39, 0.29) is 0 Å². The first-order chi connectivity index (χ1) is 13.5. The highest BCUT2D eigenvalue weighted by atomic mass is 16.3. The summed E-state index contributed by atoms with van der Waals surface area (Å²) in [6.45, 7) is 2.21. The van der Waals surface area contributed by atoms with Crippen LogP contribution in [0, 0.1) is 42.4 Å². The summed E-state index contributed by atoms with van der Waals surface area (Å²) in [5, 5.41) is 11.1. The first kappa shape index (κ1) is 16.8. The van der Waals surface area contributed by atoms with E-state index >= 15 is 0 Å². The van der Waals surface area contributed by atoms with Gasteiger partial charge in [-0.25, -0.2) is 0 Å². The van der Waals surface area contributed by atoms with E-state index < -0.39 is 0 Å². The Morgan fingerprint density at radius 3 is 1.46 bits per heavy atom. The summed E-state index contributed by atoms with van der Waals surface area (Å²) in [5.41, 5.74) is 5.14. The molecule has 8 bridgehead atoms. The van der Waals surface area contributed by atoms with Crippen molar-refractivity contribution >= 4 is 0 Å². The topological polar surface area (TPSA) is 20.2 Å². The molecule has 0 atom stereocenters. The van der Waals surface area contributed by atoms with Crippen LogP contribution in [0.15, 0.2) is 12.1 Å². The van der Waals surface area contributed by atoms with Crippen LogP contribution >= 0.6 is 0 Å². The molecular formula is C27H36O. The Bertz CT molecular complexity index is 762. The predicted octanol–water partition coefficient (Wildman–Crippen LogP) is 6.64. The van der Waals surface area contributed by atoms with Crippen LogP contribution in [0.3, 0.4) is 0 Å². The molecule has 0 aliphatic heterocycles. The molecule has 150 valence electrons. The largest absolute Gasteiger partial charge is 0.508 e. The minimum atomic E-state index is 0.397. The highest BCUT2D eigenvalue weighted by Crippen LogP contribution is 2.64. The van der Waals surface area contributed by atoms with Crippen molar-refractivity contribution in [2.75, 3.05) is 0 Å². The van der Waals surface area contributed by atoms with E-state index in [1.165, 1.54) is 82.6 Å². The average Bonchev–Trinajstić information content (AvgIpc) is 2.61. The quantitative estimate of drug-likeness (QED) is 0.613. The van der Waals surface area contributed by atoms with E-state index in [9.17, 15) is 5.11 Å². The van der Waals surface area contributed by atoms with Crippen molar-refractivity contribution in [2.24, 2.45) is 35.5 Å². The van der Waals surface area contributed by atoms with Crippen LogP contribution in [0.5, 0.6) is 5.75 Å². The van der Waals surface area contributed by atoms with Crippen LogP contribution in [0.2, 0.25) is 0 Å². The molecule has 8 aliphatic rings. The normalized spacial score (nSPS) is 50.5. The second kappa shape index (κ2) is 5.38. The molecule has 0 radical (unpaired) electrons. The number of phenols is 1. The molecule has 0 heterocycles. The van der Waals surface area contributed by atoms with Gasteiger partial charge in [0.1, 0.15) is 5.75 Å². The van der Waals surface area contributed by atoms with Gasteiger partial charge in [0.2, 0.25) is 0 Å². The summed E-state index contributed by atoms with van der Waals surface area (Å²) >= 11 is 0. The molecule has 1 heteroatoms. The fourth-order valence-corrected chi connectivity index (χ4v) is 10.5. The number of rotatable bonds is 2. The van der Waals surface area contributed by atoms with Gasteiger partial charge in [0.15, 0.2) is 0 Å². The molecule has 1 aromatic rings. The number of aromatic hydroxyl groups is 1. The smallest absolute Gasteiger partial charge is 0.119 e. The molecule has 8 saturated carbocycles. The van der Waals surface area contributed by atoms with Gasteiger partial charge in [0, 0.05) is 0 Å². The van der Waals surface area contributed by atoms with E-state index in [0.29, 0.717) is 16.6 Å². The zero-order chi connectivity index (χ0) is 18.7. The van der Waals surface area contributed by atoms with Gasteiger partial charge in [0.25, 0.3) is 0 Å². The summed E-state index contributed by atoms with van der Waals surface area (Å²) in [6.07, 6.45) is 17.4. The monoisotopic (exact) mass is 376 g/mol. The molecular weight excluding hydrogens is 340 g/mol. The minimum absolute atomic E-state index is 0.397. The summed E-state index contributed by atoms with van der Waals surface area (Å²) in [7, 11) is 0. The van der Waals surface area contributed by atoms with Gasteiger partial charge in [0.05, 0.1) is 0 Å². The molecule has 0 amide bonds. The van der Waals surface area contributed by atoms with Crippen LogP contribution in [-0.4, -0.2) is 5.11 Å². The number of phenolic OH excluding ortho intramolecular Hbond substituents is 1. The lowest BCUT2D eigenvalue weighted by Crippen LogP contribution is -2.50. The zero-order valence-corrected chi connectivity index (χ0v) is 17.6. The summed E-state index contributed by atoms with van der Waals surface area (Å²) in [5.74, 6) is 6.43. The third-order valence-corrected chi connectivity index (χ3v) is 10.6. The van der Waals surface area contributed by atoms with Gasteiger partial charge in [-0.3, -0.25) is 0 Å². The highest BCUT2D eigenvalue weighted by molar-refractivity contribution is 5.49. The van der Waals surface area contributed by atoms with Crippen molar-refractivity contribution in [3.05, 3.63) is 28.8 Å². The SMILES string of the molecule is Cc1c(O)cc(C23CC4CC(CC(C4)C2)C3)cc1C12CC3CC(CC(C3)C1)C2. The van der Waals surface area contributed by atoms with Crippen LogP contribution < -0.4 is 0 Å². The lowest BCUT2D eigenvalue weighted by Gasteiger charge is -2.59. The van der Waals surface area contributed by atoms with Crippen LogP contribution in [0.4, 0.5) is 0 Å². The predicted molar refractivity (Wildman–Crippen MR) is 113 cm³/mol. The van der Waals surface area contributed by atoms with Crippen LogP contribution in [0.1, 0.15) is 93.7 Å². The van der Waals surface area contributed by atoms with Crippen molar-refractivity contribution in [3.63, 3.8) is 0 Å². The van der Waals surface area contributed by atoms with Crippen molar-refractivity contribution in [1.82, 2.24) is 0 Å². The molecule has 1 aromatic carbocycles. The minimum Gasteiger partial charge on any atom is -0.508 e. The maximum Gasteiger partial charge on any atom is 0.119 e. The summed E-state index contributed by atoms with van der Waals surface area (Å²) in [4.78, 5) is 0. The Morgan fingerprint density at radius 1 is 0.643 bits per heavy atom. The Labute approximate surface area is 170 Å². The van der Waals surface area contributed by atoms with E-state index in [0.717, 1.165) is 35.5 Å². The maximum atomic E-state index is 11.1. The third kappa shape index (κ3) is 2.20. The first-order valence-electron chi connectivity index (χ1n) is 12.3. The Balaban J connectivity index is 1.34. The van der Waals surface area contributed by atoms with Gasteiger partial charge >= 0.3 is 0 Å². The van der Waals surface area contributed by atoms with Crippen molar-refractivity contribution in [3.8, 4) is 5.75 Å². The standard InChI is InChI=1S/C27H36O/c1-16-24(27-13-20-5-21(14-27)7-22(6-20)15-27)8-23(9-25(16)28)26-10-17-2-18(11-26)4-19(3-17)12-26/h8-9,17-22,28H,2-7,10-15H2,1H3. The lowest BCUT2D eigenvalue weighted by molar-refractivity contribution is -0.00871. The van der Waals surface area contributed by atoms with Crippen molar-refractivity contribution in [1.29, 1.82) is 0 Å². The van der Waals surface area contributed by atoms with Gasteiger partial charge in [-0.1, -0.05) is 6.07 Å². The van der Waals surface area contributed by atoms with Crippen LogP contribution in [-0.2, 0) is 10.8 Å². The Hall–Kier alpha value is -0.980. The molecule has 0 spiro atoms. The van der Waals surface area contributed by atoms with Gasteiger partial charge in [-0.15, -0.1) is 0 Å². The lowest BCUT2D eigenvalue weighted by atomic mass is 9.46. The fourth-order valence-electron chi connectivity index (χ4n) is 10.5. The molecule has 9 rings (SSSR count). The van der Waals surface area contributed by atoms with Crippen molar-refractivity contribution < 1.29 is 5.11 Å². The van der Waals surface area contributed by atoms with E-state index in [1.807, 2.05) is 0 Å². The molecule has 1 nitrogen and oxygen atoms in total. The average molecular weight is 377 g/mol. The molecule has 8 aliphatic carbocycles. The molecule has 0 unspecified atom stereocenters. The highest BCUT2D eigenvalue weighted by Gasteiger charge is 2.54. The molecule has 1 N–H and O–H groups in total. The number of benzene rings is 1. The van der Waals surface area contributed by atoms with Crippen LogP contribution in [0.25, 0.3) is 0 Å². The number of hydrogen-bond acceptors (Lipinski definition) is 1. The van der Waals surface area contributed by atoms with E-state index in [1.54, 1.807) is 11.1 Å². The maximum absolute atomic E-state index is 11.1. The van der Waals surface area contributed by atoms with E-state index in [4.69, 9.17) is 0 Å². The Kier molecular flexibility index (Phi) is 3.22. The van der Waals surface area contributed by atoms with Gasteiger partial charge in [-0.2, -0.15) is 0 Å². The second-order valence-electron chi connectivity index (χ2n) is 12.6. The third-order valence-electron chi connectivity index (χ3n) is 10.6. The molecule has 0 aromatic heterocycles.